The maximum Gasteiger partial charge on any atom is 0.365 e. The van der Waals surface area contributed by atoms with E-state index < -0.39 is 11.5 Å². The summed E-state index contributed by atoms with van der Waals surface area (Å²) in [5.74, 6) is -0.794. The zero-order chi connectivity index (χ0) is 14.7. The fourth-order valence-electron chi connectivity index (χ4n) is 2.09. The van der Waals surface area contributed by atoms with Crippen molar-refractivity contribution in [1.29, 1.82) is 0 Å². The zero-order valence-electron chi connectivity index (χ0n) is 12.3. The molecule has 0 aliphatic heterocycles. The molecule has 0 heterocycles. The normalized spacial score (nSPS) is 13.9. The first-order valence-electron chi connectivity index (χ1n) is 6.47. The fraction of sp³-hybridized carbons (Fsp3) is 0.438. The maximum atomic E-state index is 11.5. The van der Waals surface area contributed by atoms with E-state index in [4.69, 9.17) is 0 Å². The second-order valence-electron chi connectivity index (χ2n) is 5.90. The van der Waals surface area contributed by atoms with Gasteiger partial charge in [-0.15, -0.1) is 0 Å². The molecule has 104 valence electrons. The monoisotopic (exact) mass is 262 g/mol. The van der Waals surface area contributed by atoms with Gasteiger partial charge in [-0.1, -0.05) is 36.9 Å². The molecule has 3 nitrogen and oxygen atoms in total. The van der Waals surface area contributed by atoms with E-state index in [0.29, 0.717) is 4.48 Å². The van der Waals surface area contributed by atoms with Gasteiger partial charge in [-0.25, -0.2) is 4.79 Å². The molecular weight excluding hydrogens is 238 g/mol. The lowest BCUT2D eigenvalue weighted by Gasteiger charge is -2.46. The number of carboxylic acids is 1. The van der Waals surface area contributed by atoms with Crippen molar-refractivity contribution in [3.05, 3.63) is 48.6 Å². The Hall–Kier alpha value is -1.61. The Balaban J connectivity index is 3.02. The van der Waals surface area contributed by atoms with E-state index in [2.05, 4.69) is 18.7 Å². The highest BCUT2D eigenvalue weighted by Gasteiger charge is 2.47. The lowest BCUT2D eigenvalue weighted by atomic mass is 9.94. The highest BCUT2D eigenvalue weighted by atomic mass is 16.4. The first kappa shape index (κ1) is 15.4. The van der Waals surface area contributed by atoms with Crippen LogP contribution in [0.15, 0.2) is 43.0 Å². The Labute approximate surface area is 115 Å². The highest BCUT2D eigenvalue weighted by Crippen LogP contribution is 2.27. The molecule has 1 aromatic carbocycles. The molecule has 3 heteroatoms. The molecule has 19 heavy (non-hydrogen) atoms. The molecular formula is C16H24NO2+. The quantitative estimate of drug-likeness (QED) is 0.632. The Morgan fingerprint density at radius 3 is 2.32 bits per heavy atom. The van der Waals surface area contributed by atoms with Crippen molar-refractivity contribution in [3.63, 3.8) is 0 Å². The van der Waals surface area contributed by atoms with E-state index in [1.165, 1.54) is 5.56 Å². The van der Waals surface area contributed by atoms with Crippen molar-refractivity contribution in [1.82, 2.24) is 0 Å². The Morgan fingerprint density at radius 2 is 1.89 bits per heavy atom. The molecule has 1 unspecified atom stereocenters. The van der Waals surface area contributed by atoms with Gasteiger partial charge in [0.15, 0.2) is 5.54 Å². The van der Waals surface area contributed by atoms with Crippen LogP contribution in [0.5, 0.6) is 0 Å². The van der Waals surface area contributed by atoms with Crippen LogP contribution in [0.3, 0.4) is 0 Å². The molecule has 0 saturated heterocycles. The van der Waals surface area contributed by atoms with E-state index in [9.17, 15) is 9.90 Å². The minimum absolute atomic E-state index is 0.0495. The molecule has 1 N–H and O–H groups in total. The molecule has 0 aromatic heterocycles. The van der Waals surface area contributed by atoms with Crippen molar-refractivity contribution in [2.75, 3.05) is 14.1 Å². The summed E-state index contributed by atoms with van der Waals surface area (Å²) in [5, 5.41) is 9.44. The second kappa shape index (κ2) is 5.57. The standard InChI is InChI=1S/C16H23NO2/c1-6-14(12-13-10-8-7-9-11-13)17(4,5)16(2,3)15(18)19/h6-11,14H,1,12H2,2-5H3/p+1. The maximum absolute atomic E-state index is 11.5. The van der Waals surface area contributed by atoms with Crippen molar-refractivity contribution in [2.45, 2.75) is 31.8 Å². The fourth-order valence-corrected chi connectivity index (χ4v) is 2.09. The van der Waals surface area contributed by atoms with Gasteiger partial charge in [-0.3, -0.25) is 0 Å². The third kappa shape index (κ3) is 3.04. The second-order valence-corrected chi connectivity index (χ2v) is 5.90. The lowest BCUT2D eigenvalue weighted by molar-refractivity contribution is -0.945. The number of nitrogens with zero attached hydrogens (tertiary/aromatic N) is 1. The number of quaternary nitrogens is 1. The average Bonchev–Trinajstić information content (AvgIpc) is 2.36. The number of carbonyl (C=O) groups is 1. The Bertz CT molecular complexity index is 449. The van der Waals surface area contributed by atoms with Gasteiger partial charge in [0.05, 0.1) is 14.1 Å². The molecule has 1 rings (SSSR count). The van der Waals surface area contributed by atoms with E-state index in [0.717, 1.165) is 6.42 Å². The van der Waals surface area contributed by atoms with Crippen LogP contribution in [0.1, 0.15) is 19.4 Å². The lowest BCUT2D eigenvalue weighted by Crippen LogP contribution is -2.65. The Kier molecular flexibility index (Phi) is 4.53. The molecule has 0 aliphatic carbocycles. The summed E-state index contributed by atoms with van der Waals surface area (Å²) in [6.07, 6.45) is 2.64. The first-order valence-corrected chi connectivity index (χ1v) is 6.47. The van der Waals surface area contributed by atoms with Crippen LogP contribution >= 0.6 is 0 Å². The van der Waals surface area contributed by atoms with Crippen LogP contribution in [0.4, 0.5) is 0 Å². The SMILES string of the molecule is C=CC(Cc1ccccc1)[N+](C)(C)C(C)(C)C(=O)O. The summed E-state index contributed by atoms with van der Waals surface area (Å²) in [5.41, 5.74) is 0.327. The van der Waals surface area contributed by atoms with Gasteiger partial charge >= 0.3 is 5.97 Å². The van der Waals surface area contributed by atoms with Crippen molar-refractivity contribution in [3.8, 4) is 0 Å². The number of benzene rings is 1. The minimum Gasteiger partial charge on any atom is -0.477 e. The Morgan fingerprint density at radius 1 is 1.37 bits per heavy atom. The zero-order valence-corrected chi connectivity index (χ0v) is 12.3. The molecule has 0 amide bonds. The molecule has 0 fully saturated rings. The van der Waals surface area contributed by atoms with Gasteiger partial charge in [0.25, 0.3) is 0 Å². The largest absolute Gasteiger partial charge is 0.477 e. The third-order valence-corrected chi connectivity index (χ3v) is 4.35. The highest BCUT2D eigenvalue weighted by molar-refractivity contribution is 5.76. The summed E-state index contributed by atoms with van der Waals surface area (Å²) >= 11 is 0. The number of aliphatic carboxylic acids is 1. The first-order chi connectivity index (χ1) is 8.73. The summed E-state index contributed by atoms with van der Waals surface area (Å²) in [6.45, 7) is 7.41. The van der Waals surface area contributed by atoms with E-state index in [-0.39, 0.29) is 6.04 Å². The van der Waals surface area contributed by atoms with Crippen molar-refractivity contribution >= 4 is 5.97 Å². The number of rotatable bonds is 6. The summed E-state index contributed by atoms with van der Waals surface area (Å²) in [7, 11) is 3.90. The molecule has 0 bridgehead atoms. The molecule has 0 aliphatic rings. The van der Waals surface area contributed by atoms with Crippen molar-refractivity contribution in [2.24, 2.45) is 0 Å². The van der Waals surface area contributed by atoms with Crippen LogP contribution in [0.2, 0.25) is 0 Å². The summed E-state index contributed by atoms with van der Waals surface area (Å²) in [6, 6.07) is 10.1. The van der Waals surface area contributed by atoms with Crippen LogP contribution in [0.25, 0.3) is 0 Å². The summed E-state index contributed by atoms with van der Waals surface area (Å²) in [4.78, 5) is 11.5. The molecule has 1 atom stereocenters. The van der Waals surface area contributed by atoms with Gasteiger partial charge in [-0.05, 0) is 11.6 Å². The predicted molar refractivity (Wildman–Crippen MR) is 78.0 cm³/mol. The molecule has 1 aromatic rings. The number of carboxylic acid groups (broad SMARTS) is 1. The number of hydrogen-bond acceptors (Lipinski definition) is 1. The van der Waals surface area contributed by atoms with Crippen LogP contribution in [0, 0.1) is 0 Å². The summed E-state index contributed by atoms with van der Waals surface area (Å²) < 4.78 is 0.362. The van der Waals surface area contributed by atoms with Gasteiger partial charge in [0.1, 0.15) is 6.04 Å². The number of likely N-dealkylation sites (N-methyl/N-ethyl adjacent to an activating group) is 1. The van der Waals surface area contributed by atoms with E-state index in [1.54, 1.807) is 13.8 Å². The molecule has 0 saturated carbocycles. The molecule has 0 radical (unpaired) electrons. The van der Waals surface area contributed by atoms with Crippen LogP contribution in [-0.2, 0) is 11.2 Å². The minimum atomic E-state index is -0.867. The smallest absolute Gasteiger partial charge is 0.365 e. The van der Waals surface area contributed by atoms with Crippen molar-refractivity contribution < 1.29 is 14.4 Å². The third-order valence-electron chi connectivity index (χ3n) is 4.35. The van der Waals surface area contributed by atoms with E-state index in [1.807, 2.05) is 38.4 Å². The van der Waals surface area contributed by atoms with Crippen LogP contribution in [-0.4, -0.2) is 41.2 Å². The predicted octanol–water partition coefficient (Wildman–Crippen LogP) is 2.72. The van der Waals surface area contributed by atoms with Gasteiger partial charge in [0.2, 0.25) is 0 Å². The van der Waals surface area contributed by atoms with Crippen LogP contribution < -0.4 is 0 Å². The number of hydrogen-bond donors (Lipinski definition) is 1. The van der Waals surface area contributed by atoms with E-state index >= 15 is 0 Å². The van der Waals surface area contributed by atoms with Gasteiger partial charge < -0.3 is 9.59 Å². The average molecular weight is 262 g/mol. The van der Waals surface area contributed by atoms with Gasteiger partial charge in [0, 0.05) is 20.3 Å². The molecule has 0 spiro atoms. The van der Waals surface area contributed by atoms with Gasteiger partial charge in [-0.2, -0.15) is 0 Å². The topological polar surface area (TPSA) is 37.3 Å².